The summed E-state index contributed by atoms with van der Waals surface area (Å²) in [6.07, 6.45) is 0. The van der Waals surface area contributed by atoms with Gasteiger partial charge in [-0.2, -0.15) is 0 Å². The lowest BCUT2D eigenvalue weighted by Crippen LogP contribution is -2.15. The van der Waals surface area contributed by atoms with E-state index in [9.17, 15) is 23.1 Å². The van der Waals surface area contributed by atoms with Gasteiger partial charge in [-0.25, -0.2) is 18.0 Å². The number of carboxylic acids is 1. The molecule has 0 unspecified atom stereocenters. The molecule has 24 heavy (non-hydrogen) atoms. The number of hydrogen-bond donors (Lipinski definition) is 3. The number of anilines is 1. The minimum Gasteiger partial charge on any atom is -0.478 e. The van der Waals surface area contributed by atoms with Crippen molar-refractivity contribution in [1.82, 2.24) is 4.98 Å². The first kappa shape index (κ1) is 15.8. The first-order valence-electron chi connectivity index (χ1n) is 6.76. The topological polar surface area (TPSA) is 129 Å². The molecule has 0 saturated heterocycles. The van der Waals surface area contributed by atoms with Crippen LogP contribution in [0.15, 0.2) is 50.5 Å². The van der Waals surface area contributed by atoms with Crippen molar-refractivity contribution in [2.75, 3.05) is 4.72 Å². The normalized spacial score (nSPS) is 11.5. The summed E-state index contributed by atoms with van der Waals surface area (Å²) in [5.41, 5.74) is 0.924. The number of hydrogen-bond acceptors (Lipinski definition) is 5. The number of sulfonamides is 1. The number of H-pyrrole nitrogens is 1. The number of aromatic amines is 1. The van der Waals surface area contributed by atoms with Crippen molar-refractivity contribution in [3.63, 3.8) is 0 Å². The van der Waals surface area contributed by atoms with Crippen LogP contribution in [0.1, 0.15) is 15.9 Å². The summed E-state index contributed by atoms with van der Waals surface area (Å²) in [6, 6.07) is 8.20. The smallest absolute Gasteiger partial charge is 0.417 e. The summed E-state index contributed by atoms with van der Waals surface area (Å²) in [5, 5.41) is 9.21. The minimum absolute atomic E-state index is 0.0521. The maximum absolute atomic E-state index is 12.5. The van der Waals surface area contributed by atoms with Crippen LogP contribution in [0, 0.1) is 6.92 Å². The number of nitrogens with one attached hydrogen (secondary N) is 2. The number of aromatic nitrogens is 1. The predicted molar refractivity (Wildman–Crippen MR) is 85.8 cm³/mol. The summed E-state index contributed by atoms with van der Waals surface area (Å²) in [6.45, 7) is 1.70. The summed E-state index contributed by atoms with van der Waals surface area (Å²) in [7, 11) is -4.05. The molecule has 0 radical (unpaired) electrons. The van der Waals surface area contributed by atoms with Crippen LogP contribution in [0.4, 0.5) is 5.69 Å². The van der Waals surface area contributed by atoms with Crippen molar-refractivity contribution in [1.29, 1.82) is 0 Å². The van der Waals surface area contributed by atoms with Gasteiger partial charge in [-0.15, -0.1) is 0 Å². The third-order valence-electron chi connectivity index (χ3n) is 3.35. The van der Waals surface area contributed by atoms with Gasteiger partial charge in [0.2, 0.25) is 0 Å². The lowest BCUT2D eigenvalue weighted by atomic mass is 10.1. The van der Waals surface area contributed by atoms with Gasteiger partial charge in [0.1, 0.15) is 0 Å². The molecule has 2 aromatic carbocycles. The van der Waals surface area contributed by atoms with E-state index in [0.29, 0.717) is 11.1 Å². The highest BCUT2D eigenvalue weighted by molar-refractivity contribution is 7.92. The second-order valence-electron chi connectivity index (χ2n) is 5.13. The van der Waals surface area contributed by atoms with E-state index in [1.54, 1.807) is 13.0 Å². The summed E-state index contributed by atoms with van der Waals surface area (Å²) >= 11 is 0. The summed E-state index contributed by atoms with van der Waals surface area (Å²) in [5.74, 6) is -1.94. The molecule has 0 atom stereocenters. The van der Waals surface area contributed by atoms with Gasteiger partial charge in [0.15, 0.2) is 5.58 Å². The van der Waals surface area contributed by atoms with Crippen molar-refractivity contribution in [3.05, 3.63) is 58.1 Å². The molecule has 1 heterocycles. The average molecular weight is 348 g/mol. The van der Waals surface area contributed by atoms with Crippen LogP contribution in [0.25, 0.3) is 11.1 Å². The Morgan fingerprint density at radius 2 is 1.96 bits per heavy atom. The molecule has 124 valence electrons. The Hall–Kier alpha value is -3.07. The predicted octanol–water partition coefficient (Wildman–Crippen LogP) is 1.93. The quantitative estimate of drug-likeness (QED) is 0.660. The SMILES string of the molecule is Cc1ccc(NS(=O)(=O)c2ccc3[nH]c(=O)oc3c2)c(C(=O)O)c1. The van der Waals surface area contributed by atoms with Crippen molar-refractivity contribution in [2.45, 2.75) is 11.8 Å². The Labute approximate surface area is 135 Å². The van der Waals surface area contributed by atoms with E-state index in [0.717, 1.165) is 0 Å². The molecule has 0 aliphatic carbocycles. The van der Waals surface area contributed by atoms with Crippen LogP contribution in [0.3, 0.4) is 0 Å². The molecule has 0 fully saturated rings. The molecule has 0 aliphatic rings. The number of carboxylic acid groups (broad SMARTS) is 1. The standard InChI is InChI=1S/C15H12N2O6S/c1-8-2-4-11(10(6-8)14(18)19)17-24(21,22)9-3-5-12-13(7-9)23-15(20)16-12/h2-7,17H,1H3,(H,16,20)(H,18,19). The fourth-order valence-corrected chi connectivity index (χ4v) is 3.32. The second-order valence-corrected chi connectivity index (χ2v) is 6.81. The molecule has 8 nitrogen and oxygen atoms in total. The Kier molecular flexibility index (Phi) is 3.64. The zero-order chi connectivity index (χ0) is 17.5. The van der Waals surface area contributed by atoms with Gasteiger partial charge in [-0.05, 0) is 31.2 Å². The molecule has 0 bridgehead atoms. The maximum atomic E-state index is 12.5. The van der Waals surface area contributed by atoms with Crippen LogP contribution in [0.5, 0.6) is 0 Å². The Morgan fingerprint density at radius 1 is 1.21 bits per heavy atom. The third kappa shape index (κ3) is 2.88. The lowest BCUT2D eigenvalue weighted by molar-refractivity contribution is 0.0698. The summed E-state index contributed by atoms with van der Waals surface area (Å²) < 4.78 is 32.0. The molecule has 3 aromatic rings. The Balaban J connectivity index is 2.04. The van der Waals surface area contributed by atoms with E-state index in [-0.39, 0.29) is 21.7 Å². The van der Waals surface area contributed by atoms with Gasteiger partial charge >= 0.3 is 11.7 Å². The largest absolute Gasteiger partial charge is 0.478 e. The van der Waals surface area contributed by atoms with E-state index in [4.69, 9.17) is 4.42 Å². The van der Waals surface area contributed by atoms with Crippen molar-refractivity contribution >= 4 is 32.8 Å². The van der Waals surface area contributed by atoms with E-state index >= 15 is 0 Å². The number of rotatable bonds is 4. The number of benzene rings is 2. The molecule has 0 aliphatic heterocycles. The van der Waals surface area contributed by atoms with E-state index in [2.05, 4.69) is 9.71 Å². The molecular weight excluding hydrogens is 336 g/mol. The first-order chi connectivity index (χ1) is 11.3. The van der Waals surface area contributed by atoms with Crippen LogP contribution in [0.2, 0.25) is 0 Å². The molecule has 0 saturated carbocycles. The second kappa shape index (κ2) is 5.53. The molecule has 9 heteroatoms. The fraction of sp³-hybridized carbons (Fsp3) is 0.0667. The monoisotopic (exact) mass is 348 g/mol. The number of fused-ring (bicyclic) bond motifs is 1. The molecule has 0 amide bonds. The fourth-order valence-electron chi connectivity index (χ4n) is 2.22. The van der Waals surface area contributed by atoms with Crippen LogP contribution in [-0.4, -0.2) is 24.5 Å². The highest BCUT2D eigenvalue weighted by Gasteiger charge is 2.19. The number of oxazole rings is 1. The van der Waals surface area contributed by atoms with E-state index in [1.807, 2.05) is 0 Å². The number of aromatic carboxylic acids is 1. The van der Waals surface area contributed by atoms with Crippen LogP contribution >= 0.6 is 0 Å². The Morgan fingerprint density at radius 3 is 2.67 bits per heavy atom. The van der Waals surface area contributed by atoms with Crippen LogP contribution in [-0.2, 0) is 10.0 Å². The van der Waals surface area contributed by atoms with Gasteiger partial charge < -0.3 is 9.52 Å². The number of aryl methyl sites for hydroxylation is 1. The van der Waals surface area contributed by atoms with Crippen molar-refractivity contribution in [3.8, 4) is 0 Å². The zero-order valence-electron chi connectivity index (χ0n) is 12.4. The Bertz CT molecular complexity index is 1110. The van der Waals surface area contributed by atoms with Crippen molar-refractivity contribution in [2.24, 2.45) is 0 Å². The average Bonchev–Trinajstić information content (AvgIpc) is 2.87. The van der Waals surface area contributed by atoms with E-state index in [1.165, 1.54) is 30.3 Å². The lowest BCUT2D eigenvalue weighted by Gasteiger charge is -2.11. The molecular formula is C15H12N2O6S. The maximum Gasteiger partial charge on any atom is 0.417 e. The molecule has 0 spiro atoms. The zero-order valence-corrected chi connectivity index (χ0v) is 13.2. The summed E-state index contributed by atoms with van der Waals surface area (Å²) in [4.78, 5) is 24.7. The third-order valence-corrected chi connectivity index (χ3v) is 4.72. The number of carbonyl (C=O) groups is 1. The van der Waals surface area contributed by atoms with Gasteiger partial charge in [0, 0.05) is 6.07 Å². The van der Waals surface area contributed by atoms with Crippen LogP contribution < -0.4 is 10.5 Å². The van der Waals surface area contributed by atoms with Gasteiger partial charge in [0.25, 0.3) is 10.0 Å². The molecule has 1 aromatic heterocycles. The van der Waals surface area contributed by atoms with Gasteiger partial charge in [0.05, 0.1) is 21.7 Å². The first-order valence-corrected chi connectivity index (χ1v) is 8.24. The minimum atomic E-state index is -4.05. The van der Waals surface area contributed by atoms with Gasteiger partial charge in [-0.3, -0.25) is 9.71 Å². The van der Waals surface area contributed by atoms with Crippen molar-refractivity contribution < 1.29 is 22.7 Å². The highest BCUT2D eigenvalue weighted by Crippen LogP contribution is 2.23. The van der Waals surface area contributed by atoms with Gasteiger partial charge in [-0.1, -0.05) is 11.6 Å². The molecule has 3 rings (SSSR count). The molecule has 3 N–H and O–H groups in total. The van der Waals surface area contributed by atoms with E-state index < -0.39 is 21.7 Å². The highest BCUT2D eigenvalue weighted by atomic mass is 32.2.